The van der Waals surface area contributed by atoms with Gasteiger partial charge in [0.1, 0.15) is 23.9 Å². The fraction of sp³-hybridized carbons (Fsp3) is 0.519. The number of H-pyrrole nitrogens is 1. The molecule has 0 bridgehead atoms. The number of nitrogens with one attached hydrogen (secondary N) is 1. The topological polar surface area (TPSA) is 53.6 Å². The van der Waals surface area contributed by atoms with Crippen LogP contribution in [0.15, 0.2) is 30.5 Å². The van der Waals surface area contributed by atoms with Crippen LogP contribution in [0.2, 0.25) is 0 Å². The predicted molar refractivity (Wildman–Crippen MR) is 133 cm³/mol. The fourth-order valence-electron chi connectivity index (χ4n) is 5.64. The largest absolute Gasteiger partial charge is 0.496 e. The number of fused-ring (bicyclic) bond motifs is 3. The lowest BCUT2D eigenvalue weighted by molar-refractivity contribution is -0.0673. The number of ether oxygens (including phenoxy) is 2. The number of nitrogens with zero attached hydrogens (tertiary/aromatic N) is 3. The van der Waals surface area contributed by atoms with Crippen molar-refractivity contribution in [2.75, 3.05) is 53.2 Å². The van der Waals surface area contributed by atoms with Crippen LogP contribution in [0, 0.1) is 11.7 Å². The Bertz CT molecular complexity index is 1280. The highest BCUT2D eigenvalue weighted by atomic mass is 19.3. The summed E-state index contributed by atoms with van der Waals surface area (Å²) in [4.78, 5) is 3.49. The summed E-state index contributed by atoms with van der Waals surface area (Å²) in [5.41, 5.74) is 2.38. The van der Waals surface area contributed by atoms with Crippen LogP contribution in [0.1, 0.15) is 29.7 Å². The first-order chi connectivity index (χ1) is 18.2. The summed E-state index contributed by atoms with van der Waals surface area (Å²) in [6.07, 6.45) is 2.08. The molecule has 2 aromatic carbocycles. The lowest BCUT2D eigenvalue weighted by Crippen LogP contribution is -2.49. The molecule has 2 aliphatic heterocycles. The Kier molecular flexibility index (Phi) is 7.50. The molecule has 3 heterocycles. The molecule has 1 N–H and O–H groups in total. The minimum absolute atomic E-state index is 0.0589. The highest BCUT2D eigenvalue weighted by molar-refractivity contribution is 5.83. The van der Waals surface area contributed by atoms with E-state index in [0.29, 0.717) is 31.6 Å². The minimum Gasteiger partial charge on any atom is -0.496 e. The van der Waals surface area contributed by atoms with Crippen LogP contribution >= 0.6 is 0 Å². The number of alkyl halides is 4. The molecule has 1 fully saturated rings. The zero-order valence-electron chi connectivity index (χ0n) is 21.3. The molecule has 0 saturated carbocycles. The third-order valence-electron chi connectivity index (χ3n) is 7.56. The van der Waals surface area contributed by atoms with Gasteiger partial charge in [0.15, 0.2) is 6.67 Å². The van der Waals surface area contributed by atoms with E-state index in [-0.39, 0.29) is 36.3 Å². The van der Waals surface area contributed by atoms with Crippen LogP contribution in [0.3, 0.4) is 0 Å². The standard InChI is InChI=1S/C27H31F5N4O2/c1-16-7-20-19(3-4-23-21(20)11-33-34-23)26(36(16)15-27(31,32)14-29)25-22(30)8-18(9-24(25)37-2)38-6-5-35-12-17(10-28)13-35/h3-4,8-9,11,16-17,26H,5-7,10,12-15H2,1-2H3,(H,33,34)/t16-,26+/m1/s1. The minimum atomic E-state index is -3.60. The van der Waals surface area contributed by atoms with E-state index in [4.69, 9.17) is 9.47 Å². The Hall–Kier alpha value is -2.92. The van der Waals surface area contributed by atoms with Crippen molar-refractivity contribution in [2.24, 2.45) is 5.92 Å². The molecule has 5 rings (SSSR count). The third-order valence-corrected chi connectivity index (χ3v) is 7.56. The maximum Gasteiger partial charge on any atom is 0.288 e. The highest BCUT2D eigenvalue weighted by Crippen LogP contribution is 2.46. The molecule has 0 amide bonds. The van der Waals surface area contributed by atoms with E-state index in [1.54, 1.807) is 31.3 Å². The second-order valence-corrected chi connectivity index (χ2v) is 10.2. The number of hydrogen-bond donors (Lipinski definition) is 1. The Balaban J connectivity index is 1.50. The molecule has 0 unspecified atom stereocenters. The van der Waals surface area contributed by atoms with Crippen molar-refractivity contribution in [3.05, 3.63) is 53.0 Å². The Morgan fingerprint density at radius 1 is 1.18 bits per heavy atom. The molecule has 1 saturated heterocycles. The smallest absolute Gasteiger partial charge is 0.288 e. The normalized spacial score (nSPS) is 20.9. The average molecular weight is 539 g/mol. The highest BCUT2D eigenvalue weighted by Gasteiger charge is 2.43. The molecular formula is C27H31F5N4O2. The van der Waals surface area contributed by atoms with E-state index in [9.17, 15) is 17.6 Å². The first-order valence-electron chi connectivity index (χ1n) is 12.7. The number of rotatable bonds is 10. The Labute approximate surface area is 217 Å². The molecule has 6 nitrogen and oxygen atoms in total. The van der Waals surface area contributed by atoms with Crippen LogP contribution in [-0.4, -0.2) is 85.2 Å². The van der Waals surface area contributed by atoms with Gasteiger partial charge in [0.25, 0.3) is 5.92 Å². The Morgan fingerprint density at radius 2 is 1.97 bits per heavy atom. The zero-order chi connectivity index (χ0) is 27.0. The van der Waals surface area contributed by atoms with E-state index in [2.05, 4.69) is 10.2 Å². The predicted octanol–water partition coefficient (Wildman–Crippen LogP) is 4.93. The Morgan fingerprint density at radius 3 is 2.68 bits per heavy atom. The molecule has 11 heteroatoms. The van der Waals surface area contributed by atoms with E-state index < -0.39 is 37.0 Å². The van der Waals surface area contributed by atoms with Crippen molar-refractivity contribution >= 4 is 10.9 Å². The van der Waals surface area contributed by atoms with Crippen LogP contribution in [0.4, 0.5) is 22.0 Å². The molecular weight excluding hydrogens is 507 g/mol. The van der Waals surface area contributed by atoms with E-state index >= 15 is 4.39 Å². The lowest BCUT2D eigenvalue weighted by atomic mass is 9.82. The second-order valence-electron chi connectivity index (χ2n) is 10.2. The van der Waals surface area contributed by atoms with Gasteiger partial charge in [-0.25, -0.2) is 17.6 Å². The van der Waals surface area contributed by atoms with Gasteiger partial charge in [0.05, 0.1) is 43.6 Å². The van der Waals surface area contributed by atoms with Crippen molar-refractivity contribution in [3.8, 4) is 11.5 Å². The van der Waals surface area contributed by atoms with Gasteiger partial charge in [-0.3, -0.25) is 19.3 Å². The molecule has 206 valence electrons. The van der Waals surface area contributed by atoms with Gasteiger partial charge in [-0.05, 0) is 30.5 Å². The van der Waals surface area contributed by atoms with Crippen LogP contribution in [0.25, 0.3) is 10.9 Å². The SMILES string of the molecule is COc1cc(OCCN2CC(CF)C2)cc(F)c1[C@@H]1c2ccc3[nH]ncc3c2C[C@@H](C)N1CC(F)(F)CF. The lowest BCUT2D eigenvalue weighted by Gasteiger charge is -2.43. The van der Waals surface area contributed by atoms with Crippen molar-refractivity contribution in [1.82, 2.24) is 20.0 Å². The van der Waals surface area contributed by atoms with Crippen LogP contribution < -0.4 is 9.47 Å². The van der Waals surface area contributed by atoms with Gasteiger partial charge in [-0.1, -0.05) is 6.07 Å². The number of aromatic amines is 1. The number of benzene rings is 2. The maximum atomic E-state index is 15.9. The number of aromatic nitrogens is 2. The molecule has 2 atom stereocenters. The summed E-state index contributed by atoms with van der Waals surface area (Å²) in [6, 6.07) is 4.91. The number of hydrogen-bond acceptors (Lipinski definition) is 5. The van der Waals surface area contributed by atoms with Crippen LogP contribution in [0.5, 0.6) is 11.5 Å². The van der Waals surface area contributed by atoms with Gasteiger partial charge in [0, 0.05) is 49.1 Å². The quantitative estimate of drug-likeness (QED) is 0.371. The molecule has 2 aliphatic rings. The van der Waals surface area contributed by atoms with E-state index in [0.717, 1.165) is 16.5 Å². The van der Waals surface area contributed by atoms with E-state index in [1.807, 2.05) is 4.90 Å². The van der Waals surface area contributed by atoms with Gasteiger partial charge in [0.2, 0.25) is 0 Å². The fourth-order valence-corrected chi connectivity index (χ4v) is 5.64. The number of halogens is 5. The second kappa shape index (κ2) is 10.7. The average Bonchev–Trinajstić information content (AvgIpc) is 3.35. The molecule has 0 spiro atoms. The molecule has 1 aromatic heterocycles. The number of methoxy groups -OCH3 is 1. The molecule has 3 aromatic rings. The molecule has 38 heavy (non-hydrogen) atoms. The van der Waals surface area contributed by atoms with Gasteiger partial charge >= 0.3 is 0 Å². The summed E-state index contributed by atoms with van der Waals surface area (Å²) in [7, 11) is 1.38. The molecule has 0 radical (unpaired) electrons. The van der Waals surface area contributed by atoms with Gasteiger partial charge in [-0.15, -0.1) is 0 Å². The monoisotopic (exact) mass is 538 g/mol. The van der Waals surface area contributed by atoms with Crippen molar-refractivity contribution < 1.29 is 31.4 Å². The molecule has 0 aliphatic carbocycles. The summed E-state index contributed by atoms with van der Waals surface area (Å²) in [5, 5.41) is 7.84. The van der Waals surface area contributed by atoms with E-state index in [1.165, 1.54) is 18.1 Å². The third kappa shape index (κ3) is 5.05. The maximum absolute atomic E-state index is 15.9. The van der Waals surface area contributed by atoms with Gasteiger partial charge in [-0.2, -0.15) is 5.10 Å². The first-order valence-corrected chi connectivity index (χ1v) is 12.7. The van der Waals surface area contributed by atoms with Crippen molar-refractivity contribution in [2.45, 2.75) is 31.4 Å². The van der Waals surface area contributed by atoms with Crippen molar-refractivity contribution in [1.29, 1.82) is 0 Å². The first kappa shape index (κ1) is 26.7. The zero-order valence-corrected chi connectivity index (χ0v) is 21.3. The summed E-state index contributed by atoms with van der Waals surface area (Å²) < 4.78 is 81.9. The summed E-state index contributed by atoms with van der Waals surface area (Å²) in [5.74, 6) is -3.84. The number of likely N-dealkylation sites (tertiary alicyclic amines) is 1. The van der Waals surface area contributed by atoms with Gasteiger partial charge < -0.3 is 9.47 Å². The van der Waals surface area contributed by atoms with Crippen LogP contribution in [-0.2, 0) is 6.42 Å². The summed E-state index contributed by atoms with van der Waals surface area (Å²) >= 11 is 0. The summed E-state index contributed by atoms with van der Waals surface area (Å²) in [6.45, 7) is 0.914. The van der Waals surface area contributed by atoms with Crippen molar-refractivity contribution in [3.63, 3.8) is 0 Å².